The Morgan fingerprint density at radius 3 is 2.58 bits per heavy atom. The third-order valence-electron chi connectivity index (χ3n) is 3.68. The molecule has 2 nitrogen and oxygen atoms in total. The van der Waals surface area contributed by atoms with Crippen molar-refractivity contribution in [3.63, 3.8) is 0 Å². The normalized spacial score (nSPS) is 11.1. The molecule has 0 fully saturated rings. The van der Waals surface area contributed by atoms with Gasteiger partial charge in [-0.3, -0.25) is 0 Å². The van der Waals surface area contributed by atoms with Gasteiger partial charge >= 0.3 is 0 Å². The lowest BCUT2D eigenvalue weighted by molar-refractivity contribution is -0.661. The second-order valence-electron chi connectivity index (χ2n) is 4.94. The van der Waals surface area contributed by atoms with Gasteiger partial charge in [-0.25, -0.2) is 0 Å². The minimum atomic E-state index is 0.953. The Labute approximate surface area is 113 Å². The summed E-state index contributed by atoms with van der Waals surface area (Å²) in [5, 5.41) is 1.19. The molecule has 0 aliphatic rings. The van der Waals surface area contributed by atoms with E-state index in [4.69, 9.17) is 4.42 Å². The van der Waals surface area contributed by atoms with Gasteiger partial charge in [-0.2, -0.15) is 4.57 Å². The molecule has 0 atom stereocenters. The molecular weight excluding hydrogens is 234 g/mol. The highest BCUT2D eigenvalue weighted by atomic mass is 16.3. The molecule has 0 radical (unpaired) electrons. The average molecular weight is 252 g/mol. The first-order valence-corrected chi connectivity index (χ1v) is 6.67. The molecule has 2 heterocycles. The third kappa shape index (κ3) is 1.93. The molecule has 0 saturated heterocycles. The molecule has 0 N–H and O–H groups in total. The van der Waals surface area contributed by atoms with Crippen molar-refractivity contribution in [2.24, 2.45) is 7.05 Å². The summed E-state index contributed by atoms with van der Waals surface area (Å²) < 4.78 is 8.16. The van der Waals surface area contributed by atoms with Crippen molar-refractivity contribution >= 4 is 11.0 Å². The van der Waals surface area contributed by atoms with Gasteiger partial charge in [0.25, 0.3) is 0 Å². The predicted molar refractivity (Wildman–Crippen MR) is 76.9 cm³/mol. The van der Waals surface area contributed by atoms with Gasteiger partial charge in [0.1, 0.15) is 12.6 Å². The van der Waals surface area contributed by atoms with Crippen LogP contribution in [0.2, 0.25) is 0 Å². The van der Waals surface area contributed by atoms with Crippen molar-refractivity contribution in [1.82, 2.24) is 0 Å². The largest absolute Gasteiger partial charge is 0.449 e. The van der Waals surface area contributed by atoms with E-state index in [1.807, 2.05) is 12.1 Å². The lowest BCUT2D eigenvalue weighted by atomic mass is 10.1. The lowest BCUT2D eigenvalue weighted by Crippen LogP contribution is -2.31. The van der Waals surface area contributed by atoms with Crippen molar-refractivity contribution in [2.45, 2.75) is 20.3 Å². The van der Waals surface area contributed by atoms with Crippen LogP contribution in [0.25, 0.3) is 22.4 Å². The van der Waals surface area contributed by atoms with Gasteiger partial charge in [-0.15, -0.1) is 0 Å². The molecular formula is C17H18NO+. The topological polar surface area (TPSA) is 17.0 Å². The van der Waals surface area contributed by atoms with Gasteiger partial charge in [0, 0.05) is 22.6 Å². The summed E-state index contributed by atoms with van der Waals surface area (Å²) >= 11 is 0. The predicted octanol–water partition coefficient (Wildman–Crippen LogP) is 3.80. The van der Waals surface area contributed by atoms with E-state index in [0.717, 1.165) is 23.5 Å². The summed E-state index contributed by atoms with van der Waals surface area (Å²) in [7, 11) is 2.07. The van der Waals surface area contributed by atoms with E-state index in [0.29, 0.717) is 0 Å². The quantitative estimate of drug-likeness (QED) is 0.634. The van der Waals surface area contributed by atoms with Gasteiger partial charge in [-0.05, 0) is 25.5 Å². The van der Waals surface area contributed by atoms with Crippen molar-refractivity contribution in [3.05, 3.63) is 53.7 Å². The fourth-order valence-electron chi connectivity index (χ4n) is 2.53. The second-order valence-corrected chi connectivity index (χ2v) is 4.94. The number of hydrogen-bond donors (Lipinski definition) is 0. The number of aryl methyl sites for hydroxylation is 3. The van der Waals surface area contributed by atoms with E-state index in [1.165, 1.54) is 16.5 Å². The molecule has 0 aliphatic carbocycles. The van der Waals surface area contributed by atoms with Crippen LogP contribution >= 0.6 is 0 Å². The fourth-order valence-corrected chi connectivity index (χ4v) is 2.53. The zero-order chi connectivity index (χ0) is 13.4. The van der Waals surface area contributed by atoms with E-state index in [1.54, 1.807) is 0 Å². The van der Waals surface area contributed by atoms with E-state index >= 15 is 0 Å². The molecule has 0 bridgehead atoms. The number of fused-ring (bicyclic) bond motifs is 1. The van der Waals surface area contributed by atoms with Crippen LogP contribution < -0.4 is 4.57 Å². The number of pyridine rings is 1. The Morgan fingerprint density at radius 2 is 1.89 bits per heavy atom. The highest BCUT2D eigenvalue weighted by Gasteiger charge is 2.19. The second kappa shape index (κ2) is 4.54. The smallest absolute Gasteiger partial charge is 0.248 e. The lowest BCUT2D eigenvalue weighted by Gasteiger charge is -2.00. The molecule has 96 valence electrons. The van der Waals surface area contributed by atoms with Crippen LogP contribution in [-0.4, -0.2) is 0 Å². The van der Waals surface area contributed by atoms with Crippen molar-refractivity contribution in [3.8, 4) is 11.5 Å². The van der Waals surface area contributed by atoms with Crippen molar-refractivity contribution in [2.75, 3.05) is 0 Å². The first-order valence-electron chi connectivity index (χ1n) is 6.67. The van der Waals surface area contributed by atoms with Crippen molar-refractivity contribution < 1.29 is 8.98 Å². The molecule has 2 aromatic heterocycles. The first kappa shape index (κ1) is 12.0. The molecule has 0 unspecified atom stereocenters. The van der Waals surface area contributed by atoms with Crippen LogP contribution in [0.15, 0.2) is 47.0 Å². The Kier molecular flexibility index (Phi) is 2.86. The Morgan fingerprint density at radius 1 is 1.11 bits per heavy atom. The summed E-state index contributed by atoms with van der Waals surface area (Å²) in [5.41, 5.74) is 4.61. The molecule has 0 aliphatic heterocycles. The SMILES string of the molecule is CCc1ccc(-c2oc3ccccc3c2C)[n+](C)c1. The van der Waals surface area contributed by atoms with Crippen LogP contribution in [0.5, 0.6) is 0 Å². The number of aromatic nitrogens is 1. The van der Waals surface area contributed by atoms with E-state index < -0.39 is 0 Å². The number of rotatable bonds is 2. The monoisotopic (exact) mass is 252 g/mol. The molecule has 0 spiro atoms. The molecule has 3 rings (SSSR count). The molecule has 0 amide bonds. The Balaban J connectivity index is 2.21. The van der Waals surface area contributed by atoms with Gasteiger partial charge in [0.15, 0.2) is 6.20 Å². The number of benzene rings is 1. The van der Waals surface area contributed by atoms with E-state index in [-0.39, 0.29) is 0 Å². The molecule has 19 heavy (non-hydrogen) atoms. The number of para-hydroxylation sites is 1. The first-order chi connectivity index (χ1) is 9.20. The summed E-state index contributed by atoms with van der Waals surface area (Å²) in [5.74, 6) is 0.964. The van der Waals surface area contributed by atoms with Gasteiger partial charge in [-0.1, -0.05) is 25.1 Å². The fraction of sp³-hybridized carbons (Fsp3) is 0.235. The van der Waals surface area contributed by atoms with Crippen LogP contribution in [-0.2, 0) is 13.5 Å². The highest BCUT2D eigenvalue weighted by molar-refractivity contribution is 5.86. The van der Waals surface area contributed by atoms with E-state index in [9.17, 15) is 0 Å². The summed E-state index contributed by atoms with van der Waals surface area (Å²) in [4.78, 5) is 0. The molecule has 3 aromatic rings. The zero-order valence-electron chi connectivity index (χ0n) is 11.6. The maximum absolute atomic E-state index is 6.02. The summed E-state index contributed by atoms with van der Waals surface area (Å²) in [6.07, 6.45) is 3.22. The molecule has 1 aromatic carbocycles. The Bertz CT molecular complexity index is 740. The third-order valence-corrected chi connectivity index (χ3v) is 3.68. The van der Waals surface area contributed by atoms with Crippen molar-refractivity contribution in [1.29, 1.82) is 0 Å². The van der Waals surface area contributed by atoms with Gasteiger partial charge < -0.3 is 4.42 Å². The minimum absolute atomic E-state index is 0.953. The Hall–Kier alpha value is -2.09. The van der Waals surface area contributed by atoms with Crippen LogP contribution in [0.4, 0.5) is 0 Å². The number of nitrogens with zero attached hydrogens (tertiary/aromatic N) is 1. The average Bonchev–Trinajstić information content (AvgIpc) is 2.76. The molecule has 0 saturated carbocycles. The zero-order valence-corrected chi connectivity index (χ0v) is 11.6. The summed E-state index contributed by atoms with van der Waals surface area (Å²) in [6, 6.07) is 12.5. The number of furan rings is 1. The maximum atomic E-state index is 6.02. The summed E-state index contributed by atoms with van der Waals surface area (Å²) in [6.45, 7) is 4.29. The van der Waals surface area contributed by atoms with Crippen LogP contribution in [0.3, 0.4) is 0 Å². The standard InChI is InChI=1S/C17H18NO/c1-4-13-9-10-15(18(3)11-13)17-12(2)14-7-5-6-8-16(14)19-17/h5-11H,4H2,1-3H3/q+1. The molecule has 2 heteroatoms. The number of hydrogen-bond acceptors (Lipinski definition) is 1. The van der Waals surface area contributed by atoms with Crippen LogP contribution in [0.1, 0.15) is 18.1 Å². The van der Waals surface area contributed by atoms with Gasteiger partial charge in [0.2, 0.25) is 11.5 Å². The van der Waals surface area contributed by atoms with Crippen LogP contribution in [0, 0.1) is 6.92 Å². The highest BCUT2D eigenvalue weighted by Crippen LogP contribution is 2.31. The van der Waals surface area contributed by atoms with E-state index in [2.05, 4.69) is 55.9 Å². The minimum Gasteiger partial charge on any atom is -0.449 e. The maximum Gasteiger partial charge on any atom is 0.248 e. The van der Waals surface area contributed by atoms with Gasteiger partial charge in [0.05, 0.1) is 0 Å².